The average Bonchev–Trinajstić information content (AvgIpc) is 2.49. The molecule has 4 N–H and O–H groups in total. The van der Waals surface area contributed by atoms with E-state index in [1.165, 1.54) is 18.2 Å². The van der Waals surface area contributed by atoms with E-state index >= 15 is 0 Å². The van der Waals surface area contributed by atoms with Crippen molar-refractivity contribution in [1.29, 1.82) is 0 Å². The average molecular weight is 317 g/mol. The van der Waals surface area contributed by atoms with E-state index in [4.69, 9.17) is 5.73 Å². The van der Waals surface area contributed by atoms with Crippen molar-refractivity contribution in [2.45, 2.75) is 25.3 Å². The summed E-state index contributed by atoms with van der Waals surface area (Å²) < 4.78 is 0. The molecule has 0 aliphatic carbocycles. The Kier molecular flexibility index (Phi) is 4.85. The van der Waals surface area contributed by atoms with Crippen LogP contribution in [0.15, 0.2) is 18.2 Å². The van der Waals surface area contributed by atoms with Crippen LogP contribution in [0.25, 0.3) is 0 Å². The summed E-state index contributed by atoms with van der Waals surface area (Å²) in [4.78, 5) is 57.5. The third-order valence-electron chi connectivity index (χ3n) is 3.45. The Labute approximate surface area is 131 Å². The first kappa shape index (κ1) is 16.3. The fourth-order valence-electron chi connectivity index (χ4n) is 2.39. The Morgan fingerprint density at radius 1 is 1.35 bits per heavy atom. The smallest absolute Gasteiger partial charge is 0.252 e. The summed E-state index contributed by atoms with van der Waals surface area (Å²) in [5.74, 6) is -2.32. The van der Waals surface area contributed by atoms with E-state index in [-0.39, 0.29) is 30.4 Å². The predicted octanol–water partition coefficient (Wildman–Crippen LogP) is -0.938. The summed E-state index contributed by atoms with van der Waals surface area (Å²) >= 11 is 0. The van der Waals surface area contributed by atoms with Gasteiger partial charge < -0.3 is 11.1 Å². The van der Waals surface area contributed by atoms with E-state index in [9.17, 15) is 24.0 Å². The molecule has 0 saturated carbocycles. The summed E-state index contributed by atoms with van der Waals surface area (Å²) in [6.07, 6.45) is 0.564. The standard InChI is InChI=1S/C15H15N3O5/c16-11(20)6-8-2-1-3-9(7-19)13(8)15(23)17-10-4-5-12(21)18-14(10)22/h1-3,7,10H,4-6H2,(H2,16,20)(H,17,23)(H,18,21,22). The lowest BCUT2D eigenvalue weighted by Crippen LogP contribution is -2.52. The van der Waals surface area contributed by atoms with E-state index in [0.29, 0.717) is 11.8 Å². The third-order valence-corrected chi connectivity index (χ3v) is 3.45. The van der Waals surface area contributed by atoms with E-state index < -0.39 is 29.7 Å². The Morgan fingerprint density at radius 3 is 2.70 bits per heavy atom. The zero-order chi connectivity index (χ0) is 17.0. The van der Waals surface area contributed by atoms with E-state index in [1.807, 2.05) is 0 Å². The Bertz CT molecular complexity index is 698. The van der Waals surface area contributed by atoms with Gasteiger partial charge in [-0.1, -0.05) is 18.2 Å². The van der Waals surface area contributed by atoms with Gasteiger partial charge in [-0.2, -0.15) is 0 Å². The highest BCUT2D eigenvalue weighted by atomic mass is 16.2. The van der Waals surface area contributed by atoms with Crippen LogP contribution in [0.3, 0.4) is 0 Å². The molecule has 1 aliphatic rings. The van der Waals surface area contributed by atoms with Crippen LogP contribution in [0, 0.1) is 0 Å². The van der Waals surface area contributed by atoms with Gasteiger partial charge in [0.2, 0.25) is 17.7 Å². The van der Waals surface area contributed by atoms with Gasteiger partial charge in [0, 0.05) is 12.0 Å². The van der Waals surface area contributed by atoms with Crippen molar-refractivity contribution in [1.82, 2.24) is 10.6 Å². The number of carbonyl (C=O) groups is 5. The number of benzene rings is 1. The van der Waals surface area contributed by atoms with Gasteiger partial charge in [-0.25, -0.2) is 0 Å². The molecule has 0 spiro atoms. The molecule has 4 amide bonds. The van der Waals surface area contributed by atoms with E-state index in [2.05, 4.69) is 10.6 Å². The number of aldehydes is 1. The maximum absolute atomic E-state index is 12.4. The van der Waals surface area contributed by atoms with Crippen molar-refractivity contribution in [2.75, 3.05) is 0 Å². The number of imide groups is 1. The maximum Gasteiger partial charge on any atom is 0.252 e. The number of rotatable bonds is 5. The minimum atomic E-state index is -0.874. The second kappa shape index (κ2) is 6.82. The number of piperidine rings is 1. The summed E-state index contributed by atoms with van der Waals surface area (Å²) in [5, 5.41) is 4.61. The zero-order valence-corrected chi connectivity index (χ0v) is 12.1. The minimum absolute atomic E-state index is 0.00556. The van der Waals surface area contributed by atoms with Crippen molar-refractivity contribution in [3.63, 3.8) is 0 Å². The number of hydrogen-bond acceptors (Lipinski definition) is 5. The van der Waals surface area contributed by atoms with Crippen LogP contribution in [0.5, 0.6) is 0 Å². The number of primary amides is 1. The lowest BCUT2D eigenvalue weighted by Gasteiger charge is -2.22. The highest BCUT2D eigenvalue weighted by molar-refractivity contribution is 6.07. The van der Waals surface area contributed by atoms with E-state index in [0.717, 1.165) is 0 Å². The monoisotopic (exact) mass is 317 g/mol. The Balaban J connectivity index is 2.27. The van der Waals surface area contributed by atoms with Crippen LogP contribution in [0.1, 0.15) is 39.1 Å². The van der Waals surface area contributed by atoms with Crippen LogP contribution in [0.2, 0.25) is 0 Å². The molecule has 8 nitrogen and oxygen atoms in total. The number of hydrogen-bond donors (Lipinski definition) is 3. The summed E-state index contributed by atoms with van der Waals surface area (Å²) in [7, 11) is 0. The topological polar surface area (TPSA) is 135 Å². The molecule has 0 radical (unpaired) electrons. The quantitative estimate of drug-likeness (QED) is 0.476. The first-order valence-corrected chi connectivity index (χ1v) is 6.92. The lowest BCUT2D eigenvalue weighted by atomic mass is 9.97. The van der Waals surface area contributed by atoms with Gasteiger partial charge in [-0.3, -0.25) is 29.3 Å². The molecule has 1 heterocycles. The van der Waals surface area contributed by atoms with Crippen LogP contribution < -0.4 is 16.4 Å². The molecule has 23 heavy (non-hydrogen) atoms. The summed E-state index contributed by atoms with van der Waals surface area (Å²) in [5.41, 5.74) is 5.54. The molecule has 1 saturated heterocycles. The lowest BCUT2D eigenvalue weighted by molar-refractivity contribution is -0.134. The Morgan fingerprint density at radius 2 is 2.09 bits per heavy atom. The number of nitrogens with one attached hydrogen (secondary N) is 2. The second-order valence-corrected chi connectivity index (χ2v) is 5.12. The molecular weight excluding hydrogens is 302 g/mol. The van der Waals surface area contributed by atoms with Crippen molar-refractivity contribution >= 4 is 29.9 Å². The molecule has 1 unspecified atom stereocenters. The molecule has 1 atom stereocenters. The largest absolute Gasteiger partial charge is 0.369 e. The normalized spacial score (nSPS) is 17.3. The molecule has 2 rings (SSSR count). The SMILES string of the molecule is NC(=O)Cc1cccc(C=O)c1C(=O)NC1CCC(=O)NC1=O. The minimum Gasteiger partial charge on any atom is -0.369 e. The third kappa shape index (κ3) is 3.79. The molecule has 1 aliphatic heterocycles. The molecular formula is C15H15N3O5. The fourth-order valence-corrected chi connectivity index (χ4v) is 2.39. The Hall–Kier alpha value is -3.03. The highest BCUT2D eigenvalue weighted by Crippen LogP contribution is 2.16. The first-order chi connectivity index (χ1) is 10.9. The van der Waals surface area contributed by atoms with Crippen LogP contribution in [-0.4, -0.2) is 36.0 Å². The maximum atomic E-state index is 12.4. The van der Waals surface area contributed by atoms with Gasteiger partial charge in [0.05, 0.1) is 12.0 Å². The molecule has 0 aromatic heterocycles. The van der Waals surface area contributed by atoms with Crippen molar-refractivity contribution in [3.05, 3.63) is 34.9 Å². The molecule has 120 valence electrons. The van der Waals surface area contributed by atoms with Crippen LogP contribution >= 0.6 is 0 Å². The van der Waals surface area contributed by atoms with Crippen molar-refractivity contribution in [3.8, 4) is 0 Å². The summed E-state index contributed by atoms with van der Waals surface area (Å²) in [6.45, 7) is 0. The van der Waals surface area contributed by atoms with Gasteiger partial charge >= 0.3 is 0 Å². The molecule has 0 bridgehead atoms. The van der Waals surface area contributed by atoms with Gasteiger partial charge in [-0.05, 0) is 12.0 Å². The van der Waals surface area contributed by atoms with Gasteiger partial charge in [-0.15, -0.1) is 0 Å². The fraction of sp³-hybridized carbons (Fsp3) is 0.267. The van der Waals surface area contributed by atoms with E-state index in [1.54, 1.807) is 0 Å². The number of amides is 4. The highest BCUT2D eigenvalue weighted by Gasteiger charge is 2.29. The van der Waals surface area contributed by atoms with Gasteiger partial charge in [0.1, 0.15) is 6.04 Å². The summed E-state index contributed by atoms with van der Waals surface area (Å²) in [6, 6.07) is 3.60. The second-order valence-electron chi connectivity index (χ2n) is 5.12. The predicted molar refractivity (Wildman–Crippen MR) is 78.4 cm³/mol. The molecule has 1 fully saturated rings. The number of nitrogens with two attached hydrogens (primary N) is 1. The van der Waals surface area contributed by atoms with Gasteiger partial charge in [0.25, 0.3) is 5.91 Å². The van der Waals surface area contributed by atoms with Crippen LogP contribution in [-0.2, 0) is 20.8 Å². The zero-order valence-electron chi connectivity index (χ0n) is 12.1. The first-order valence-electron chi connectivity index (χ1n) is 6.92. The van der Waals surface area contributed by atoms with Crippen molar-refractivity contribution in [2.24, 2.45) is 5.73 Å². The molecule has 8 heteroatoms. The van der Waals surface area contributed by atoms with Crippen molar-refractivity contribution < 1.29 is 24.0 Å². The molecule has 1 aromatic carbocycles. The number of carbonyl (C=O) groups excluding carboxylic acids is 5. The van der Waals surface area contributed by atoms with Crippen LogP contribution in [0.4, 0.5) is 0 Å². The van der Waals surface area contributed by atoms with Gasteiger partial charge in [0.15, 0.2) is 6.29 Å². The molecule has 1 aromatic rings.